The molecule has 2 aliphatic rings. The van der Waals surface area contributed by atoms with E-state index in [-0.39, 0.29) is 17.5 Å². The molecule has 0 aromatic heterocycles. The Bertz CT molecular complexity index is 790. The molecule has 2 atom stereocenters. The Labute approximate surface area is 163 Å². The Balaban J connectivity index is 1.52. The highest BCUT2D eigenvalue weighted by molar-refractivity contribution is 7.85. The number of ether oxygens (including phenoxy) is 1. The van der Waals surface area contributed by atoms with E-state index in [2.05, 4.69) is 9.08 Å². The van der Waals surface area contributed by atoms with Crippen molar-refractivity contribution in [2.75, 3.05) is 19.7 Å². The number of nitrogens with zero attached hydrogens (tertiary/aromatic N) is 1. The van der Waals surface area contributed by atoms with E-state index >= 15 is 0 Å². The molecule has 1 aromatic carbocycles. The van der Waals surface area contributed by atoms with E-state index in [4.69, 9.17) is 16.3 Å². The number of halogens is 2. The number of piperidine rings is 2. The van der Waals surface area contributed by atoms with Crippen LogP contribution in [0.5, 0.6) is 5.75 Å². The van der Waals surface area contributed by atoms with Crippen molar-refractivity contribution >= 4 is 28.0 Å². The van der Waals surface area contributed by atoms with E-state index in [1.807, 2.05) is 0 Å². The molecule has 7 nitrogen and oxygen atoms in total. The third-order valence-electron chi connectivity index (χ3n) is 4.96. The van der Waals surface area contributed by atoms with Crippen molar-refractivity contribution in [1.82, 2.24) is 9.62 Å². The van der Waals surface area contributed by atoms with Crippen LogP contribution in [0.15, 0.2) is 18.2 Å². The maximum Gasteiger partial charge on any atom is 0.423 e. The molecule has 0 unspecified atom stereocenters. The highest BCUT2D eigenvalue weighted by Crippen LogP contribution is 2.31. The molecule has 1 N–H and O–H groups in total. The predicted octanol–water partition coefficient (Wildman–Crippen LogP) is 3.09. The van der Waals surface area contributed by atoms with Crippen molar-refractivity contribution in [2.24, 2.45) is 5.92 Å². The summed E-state index contributed by atoms with van der Waals surface area (Å²) >= 11 is 5.60. The van der Waals surface area contributed by atoms with Crippen molar-refractivity contribution in [3.05, 3.63) is 29.0 Å². The Hall–Kier alpha value is -1.58. The summed E-state index contributed by atoms with van der Waals surface area (Å²) in [6.07, 6.45) is 4.22. The second kappa shape index (κ2) is 8.62. The molecule has 10 heteroatoms. The van der Waals surface area contributed by atoms with Gasteiger partial charge in [-0.25, -0.2) is 9.18 Å². The minimum atomic E-state index is -4.56. The molecule has 2 aliphatic heterocycles. The van der Waals surface area contributed by atoms with Crippen LogP contribution >= 0.6 is 11.6 Å². The van der Waals surface area contributed by atoms with E-state index in [0.717, 1.165) is 50.9 Å². The summed E-state index contributed by atoms with van der Waals surface area (Å²) in [6.45, 7) is 2.25. The van der Waals surface area contributed by atoms with Crippen molar-refractivity contribution in [1.29, 1.82) is 0 Å². The van der Waals surface area contributed by atoms with Gasteiger partial charge in [0.15, 0.2) is 11.6 Å². The maximum absolute atomic E-state index is 13.6. The quantitative estimate of drug-likeness (QED) is 0.787. The monoisotopic (exact) mass is 420 g/mol. The molecular weight excluding hydrogens is 399 g/mol. The van der Waals surface area contributed by atoms with E-state index in [1.54, 1.807) is 4.72 Å². The topological polar surface area (TPSA) is 84.9 Å². The average Bonchev–Trinajstić information content (AvgIpc) is 2.62. The Morgan fingerprint density at radius 2 is 2.04 bits per heavy atom. The number of hydrogen-bond donors (Lipinski definition) is 1. The van der Waals surface area contributed by atoms with Gasteiger partial charge in [-0.15, -0.1) is 0 Å². The second-order valence-corrected chi connectivity index (χ2v) is 8.53. The SMILES string of the molecule is O=C(NS(=O)(=O)Oc1ccc(Cl)cc1F)OC[C@@H]1CCCN2CCCC[C@H]12. The first-order valence-corrected chi connectivity index (χ1v) is 10.7. The predicted molar refractivity (Wildman–Crippen MR) is 97.4 cm³/mol. The molecule has 2 fully saturated rings. The molecule has 0 bridgehead atoms. The van der Waals surface area contributed by atoms with Gasteiger partial charge in [-0.3, -0.25) is 4.90 Å². The zero-order valence-corrected chi connectivity index (χ0v) is 16.3. The van der Waals surface area contributed by atoms with Gasteiger partial charge in [-0.1, -0.05) is 18.0 Å². The summed E-state index contributed by atoms with van der Waals surface area (Å²) < 4.78 is 48.7. The lowest BCUT2D eigenvalue weighted by molar-refractivity contribution is 0.0244. The highest BCUT2D eigenvalue weighted by Gasteiger charge is 2.34. The molecule has 3 rings (SSSR count). The summed E-state index contributed by atoms with van der Waals surface area (Å²) in [5, 5.41) is 0.0915. The number of carbonyl (C=O) groups excluding carboxylic acids is 1. The van der Waals surface area contributed by atoms with E-state index in [9.17, 15) is 17.6 Å². The average molecular weight is 421 g/mol. The van der Waals surface area contributed by atoms with Crippen LogP contribution in [0.2, 0.25) is 5.02 Å². The van der Waals surface area contributed by atoms with Crippen LogP contribution in [-0.2, 0) is 15.0 Å². The molecule has 1 aromatic rings. The van der Waals surface area contributed by atoms with Gasteiger partial charge >= 0.3 is 16.4 Å². The Morgan fingerprint density at radius 1 is 1.26 bits per heavy atom. The highest BCUT2D eigenvalue weighted by atomic mass is 35.5. The number of rotatable bonds is 5. The van der Waals surface area contributed by atoms with Gasteiger partial charge in [-0.05, 0) is 57.0 Å². The molecule has 2 saturated heterocycles. The van der Waals surface area contributed by atoms with Gasteiger partial charge in [0.1, 0.15) is 0 Å². The number of amides is 1. The smallest absolute Gasteiger partial charge is 0.423 e. The van der Waals surface area contributed by atoms with Crippen molar-refractivity contribution in [3.8, 4) is 5.75 Å². The first-order chi connectivity index (χ1) is 12.8. The van der Waals surface area contributed by atoms with Crippen molar-refractivity contribution in [2.45, 2.75) is 38.1 Å². The largest absolute Gasteiger partial charge is 0.448 e. The van der Waals surface area contributed by atoms with Gasteiger partial charge in [0.2, 0.25) is 0 Å². The number of nitrogens with one attached hydrogen (secondary N) is 1. The summed E-state index contributed by atoms with van der Waals surface area (Å²) in [7, 11) is -4.56. The molecule has 27 heavy (non-hydrogen) atoms. The fraction of sp³-hybridized carbons (Fsp3) is 0.588. The van der Waals surface area contributed by atoms with Crippen LogP contribution in [0, 0.1) is 11.7 Å². The summed E-state index contributed by atoms with van der Waals surface area (Å²) in [5.74, 6) is -1.34. The first kappa shape index (κ1) is 20.2. The maximum atomic E-state index is 13.6. The Morgan fingerprint density at radius 3 is 2.81 bits per heavy atom. The molecule has 1 amide bonds. The van der Waals surface area contributed by atoms with Crippen molar-refractivity contribution < 1.29 is 26.5 Å². The zero-order chi connectivity index (χ0) is 19.4. The van der Waals surface area contributed by atoms with Gasteiger partial charge in [0, 0.05) is 17.0 Å². The molecule has 0 saturated carbocycles. The van der Waals surface area contributed by atoms with Gasteiger partial charge < -0.3 is 8.92 Å². The van der Waals surface area contributed by atoms with Crippen LogP contribution in [-0.4, -0.2) is 45.1 Å². The number of hydrogen-bond acceptors (Lipinski definition) is 6. The fourth-order valence-electron chi connectivity index (χ4n) is 3.77. The zero-order valence-electron chi connectivity index (χ0n) is 14.7. The van der Waals surface area contributed by atoms with Gasteiger partial charge in [0.05, 0.1) is 6.61 Å². The molecule has 150 valence electrons. The third-order valence-corrected chi connectivity index (χ3v) is 6.01. The summed E-state index contributed by atoms with van der Waals surface area (Å²) in [6, 6.07) is 3.61. The van der Waals surface area contributed by atoms with Crippen LogP contribution in [0.25, 0.3) is 0 Å². The lowest BCUT2D eigenvalue weighted by atomic mass is 9.84. The van der Waals surface area contributed by atoms with Crippen LogP contribution < -0.4 is 8.91 Å². The van der Waals surface area contributed by atoms with Crippen LogP contribution in [0.3, 0.4) is 0 Å². The Kier molecular flexibility index (Phi) is 6.44. The number of carbonyl (C=O) groups is 1. The summed E-state index contributed by atoms with van der Waals surface area (Å²) in [4.78, 5) is 14.3. The molecular formula is C17H22ClFN2O5S. The lowest BCUT2D eigenvalue weighted by Gasteiger charge is -2.44. The minimum Gasteiger partial charge on any atom is -0.448 e. The van der Waals surface area contributed by atoms with Gasteiger partial charge in [-0.2, -0.15) is 13.1 Å². The molecule has 0 aliphatic carbocycles. The standard InChI is InChI=1S/C17H22ClFN2O5S/c18-13-6-7-16(14(19)10-13)26-27(23,24)20-17(22)25-11-12-4-3-9-21-8-2-1-5-15(12)21/h6-7,10,12,15H,1-5,8-9,11H2,(H,20,22)/t12-,15+/m0/s1. The van der Waals surface area contributed by atoms with Gasteiger partial charge in [0.25, 0.3) is 0 Å². The number of benzene rings is 1. The van der Waals surface area contributed by atoms with E-state index in [1.165, 1.54) is 12.5 Å². The fourth-order valence-corrected chi connectivity index (χ4v) is 4.60. The van der Waals surface area contributed by atoms with E-state index in [0.29, 0.717) is 6.04 Å². The molecule has 0 radical (unpaired) electrons. The summed E-state index contributed by atoms with van der Waals surface area (Å²) in [5.41, 5.74) is 0. The molecule has 2 heterocycles. The van der Waals surface area contributed by atoms with E-state index < -0.39 is 28.0 Å². The van der Waals surface area contributed by atoms with Crippen molar-refractivity contribution in [3.63, 3.8) is 0 Å². The second-order valence-electron chi connectivity index (χ2n) is 6.81. The lowest BCUT2D eigenvalue weighted by Crippen LogP contribution is -2.49. The third kappa shape index (κ3) is 5.46. The normalized spacial score (nSPS) is 23.3. The number of fused-ring (bicyclic) bond motifs is 1. The van der Waals surface area contributed by atoms with Crippen LogP contribution in [0.1, 0.15) is 32.1 Å². The van der Waals surface area contributed by atoms with Crippen LogP contribution in [0.4, 0.5) is 9.18 Å². The first-order valence-electron chi connectivity index (χ1n) is 8.92. The molecule has 0 spiro atoms. The minimum absolute atomic E-state index is 0.0915.